The second-order valence-electron chi connectivity index (χ2n) is 5.67. The zero-order valence-corrected chi connectivity index (χ0v) is 11.1. The highest BCUT2D eigenvalue weighted by atomic mass is 16.5. The number of nitrogens with one attached hydrogen (secondary N) is 1. The van der Waals surface area contributed by atoms with Crippen LogP contribution >= 0.6 is 0 Å². The van der Waals surface area contributed by atoms with Gasteiger partial charge in [0, 0.05) is 39.3 Å². The van der Waals surface area contributed by atoms with Crippen molar-refractivity contribution in [3.63, 3.8) is 0 Å². The van der Waals surface area contributed by atoms with E-state index in [1.165, 1.54) is 12.8 Å². The summed E-state index contributed by atoms with van der Waals surface area (Å²) in [6.45, 7) is 5.97. The maximum absolute atomic E-state index is 9.95. The Balaban J connectivity index is 1.55. The number of rotatable bonds is 8. The molecule has 0 aromatic heterocycles. The van der Waals surface area contributed by atoms with E-state index in [0.29, 0.717) is 12.0 Å². The van der Waals surface area contributed by atoms with Crippen molar-refractivity contribution in [3.8, 4) is 0 Å². The Labute approximate surface area is 109 Å². The van der Waals surface area contributed by atoms with Gasteiger partial charge in [-0.05, 0) is 24.7 Å². The summed E-state index contributed by atoms with van der Waals surface area (Å²) in [5, 5.41) is 22.3. The third-order valence-electron chi connectivity index (χ3n) is 4.05. The number of morpholine rings is 1. The molecule has 2 fully saturated rings. The first kappa shape index (κ1) is 14.2. The molecule has 1 atom stereocenters. The zero-order chi connectivity index (χ0) is 12.8. The molecule has 5 nitrogen and oxygen atoms in total. The molecule has 2 aliphatic rings. The van der Waals surface area contributed by atoms with Crippen LogP contribution < -0.4 is 5.32 Å². The summed E-state index contributed by atoms with van der Waals surface area (Å²) in [4.78, 5) is 2.25. The van der Waals surface area contributed by atoms with Crippen molar-refractivity contribution in [2.45, 2.75) is 25.4 Å². The predicted molar refractivity (Wildman–Crippen MR) is 69.5 cm³/mol. The number of hydrogen-bond acceptors (Lipinski definition) is 5. The number of aliphatic hydroxyl groups is 2. The SMILES string of the molecule is OCCC1(CNCC(O)CN2CCOCC2)CC1. The third-order valence-corrected chi connectivity index (χ3v) is 4.05. The summed E-state index contributed by atoms with van der Waals surface area (Å²) in [6, 6.07) is 0. The van der Waals surface area contributed by atoms with Gasteiger partial charge in [-0.3, -0.25) is 4.90 Å². The molecule has 1 unspecified atom stereocenters. The highest BCUT2D eigenvalue weighted by Crippen LogP contribution is 2.47. The summed E-state index contributed by atoms with van der Waals surface area (Å²) in [5.41, 5.74) is 0.327. The Bertz CT molecular complexity index is 240. The van der Waals surface area contributed by atoms with E-state index >= 15 is 0 Å². The van der Waals surface area contributed by atoms with E-state index < -0.39 is 0 Å². The summed E-state index contributed by atoms with van der Waals surface area (Å²) >= 11 is 0. The largest absolute Gasteiger partial charge is 0.396 e. The first-order valence-electron chi connectivity index (χ1n) is 7.04. The summed E-state index contributed by atoms with van der Waals surface area (Å²) < 4.78 is 5.28. The molecule has 0 bridgehead atoms. The second kappa shape index (κ2) is 6.82. The lowest BCUT2D eigenvalue weighted by atomic mass is 10.0. The van der Waals surface area contributed by atoms with E-state index in [0.717, 1.165) is 45.8 Å². The van der Waals surface area contributed by atoms with E-state index in [9.17, 15) is 5.11 Å². The predicted octanol–water partition coefficient (Wildman–Crippen LogP) is -0.568. The Morgan fingerprint density at radius 2 is 2.00 bits per heavy atom. The highest BCUT2D eigenvalue weighted by molar-refractivity contribution is 4.94. The van der Waals surface area contributed by atoms with Crippen LogP contribution in [0, 0.1) is 5.41 Å². The van der Waals surface area contributed by atoms with Gasteiger partial charge in [-0.2, -0.15) is 0 Å². The first-order valence-corrected chi connectivity index (χ1v) is 7.04. The lowest BCUT2D eigenvalue weighted by molar-refractivity contribution is 0.0147. The number of hydrogen-bond donors (Lipinski definition) is 3. The monoisotopic (exact) mass is 258 g/mol. The van der Waals surface area contributed by atoms with Crippen molar-refractivity contribution in [1.29, 1.82) is 0 Å². The van der Waals surface area contributed by atoms with Gasteiger partial charge in [-0.15, -0.1) is 0 Å². The average molecular weight is 258 g/mol. The second-order valence-corrected chi connectivity index (χ2v) is 5.67. The van der Waals surface area contributed by atoms with Gasteiger partial charge < -0.3 is 20.3 Å². The Kier molecular flexibility index (Phi) is 5.38. The van der Waals surface area contributed by atoms with E-state index in [1.54, 1.807) is 0 Å². The van der Waals surface area contributed by atoms with Crippen LogP contribution in [0.25, 0.3) is 0 Å². The van der Waals surface area contributed by atoms with Crippen LogP contribution in [-0.2, 0) is 4.74 Å². The Hall–Kier alpha value is -0.200. The van der Waals surface area contributed by atoms with E-state index in [2.05, 4.69) is 10.2 Å². The molecule has 1 aliphatic heterocycles. The van der Waals surface area contributed by atoms with Gasteiger partial charge in [0.15, 0.2) is 0 Å². The zero-order valence-electron chi connectivity index (χ0n) is 11.1. The number of ether oxygens (including phenoxy) is 1. The summed E-state index contributed by atoms with van der Waals surface area (Å²) in [5.74, 6) is 0. The highest BCUT2D eigenvalue weighted by Gasteiger charge is 2.41. The topological polar surface area (TPSA) is 65.0 Å². The van der Waals surface area contributed by atoms with Crippen molar-refractivity contribution < 1.29 is 14.9 Å². The standard InChI is InChI=1S/C13H26N2O3/c16-6-3-13(1-2-13)11-14-9-12(17)10-15-4-7-18-8-5-15/h12,14,16-17H,1-11H2. The normalized spacial score (nSPS) is 25.0. The van der Waals surface area contributed by atoms with Crippen LogP contribution in [0.15, 0.2) is 0 Å². The summed E-state index contributed by atoms with van der Waals surface area (Å²) in [7, 11) is 0. The van der Waals surface area contributed by atoms with Gasteiger partial charge in [-0.25, -0.2) is 0 Å². The molecule has 1 saturated carbocycles. The quantitative estimate of drug-likeness (QED) is 0.544. The van der Waals surface area contributed by atoms with Crippen molar-refractivity contribution in [2.24, 2.45) is 5.41 Å². The first-order chi connectivity index (χ1) is 8.74. The minimum absolute atomic E-state index is 0.276. The molecule has 0 radical (unpaired) electrons. The molecule has 0 spiro atoms. The van der Waals surface area contributed by atoms with Gasteiger partial charge >= 0.3 is 0 Å². The van der Waals surface area contributed by atoms with Crippen molar-refractivity contribution in [1.82, 2.24) is 10.2 Å². The Morgan fingerprint density at radius 3 is 2.61 bits per heavy atom. The lowest BCUT2D eigenvalue weighted by Gasteiger charge is -2.28. The molecule has 3 N–H and O–H groups in total. The van der Waals surface area contributed by atoms with Crippen molar-refractivity contribution >= 4 is 0 Å². The van der Waals surface area contributed by atoms with E-state index in [-0.39, 0.29) is 12.7 Å². The van der Waals surface area contributed by atoms with Gasteiger partial charge in [-0.1, -0.05) is 0 Å². The van der Waals surface area contributed by atoms with Gasteiger partial charge in [0.1, 0.15) is 0 Å². The fourth-order valence-electron chi connectivity index (χ4n) is 2.58. The van der Waals surface area contributed by atoms with Crippen LogP contribution in [-0.4, -0.2) is 73.8 Å². The van der Waals surface area contributed by atoms with Crippen molar-refractivity contribution in [3.05, 3.63) is 0 Å². The van der Waals surface area contributed by atoms with Gasteiger partial charge in [0.05, 0.1) is 19.3 Å². The molecule has 1 saturated heterocycles. The minimum Gasteiger partial charge on any atom is -0.396 e. The fourth-order valence-corrected chi connectivity index (χ4v) is 2.58. The molecule has 1 aliphatic carbocycles. The fraction of sp³-hybridized carbons (Fsp3) is 1.00. The maximum atomic E-state index is 9.95. The number of β-amino-alcohol motifs (C(OH)–C–C–N with tert-alkyl or cyclic N) is 1. The van der Waals surface area contributed by atoms with Crippen molar-refractivity contribution in [2.75, 3.05) is 52.5 Å². The van der Waals surface area contributed by atoms with Crippen LogP contribution in [0.5, 0.6) is 0 Å². The van der Waals surface area contributed by atoms with Crippen LogP contribution in [0.2, 0.25) is 0 Å². The molecule has 106 valence electrons. The number of nitrogens with zero attached hydrogens (tertiary/aromatic N) is 1. The number of aliphatic hydroxyl groups excluding tert-OH is 2. The molecule has 18 heavy (non-hydrogen) atoms. The molecule has 0 amide bonds. The van der Waals surface area contributed by atoms with Crippen LogP contribution in [0.4, 0.5) is 0 Å². The molecule has 2 rings (SSSR count). The van der Waals surface area contributed by atoms with Gasteiger partial charge in [0.25, 0.3) is 0 Å². The minimum atomic E-state index is -0.312. The smallest absolute Gasteiger partial charge is 0.0791 e. The maximum Gasteiger partial charge on any atom is 0.0791 e. The molecule has 5 heteroatoms. The van der Waals surface area contributed by atoms with Crippen LogP contribution in [0.1, 0.15) is 19.3 Å². The molecule has 0 aromatic carbocycles. The lowest BCUT2D eigenvalue weighted by Crippen LogP contribution is -2.44. The van der Waals surface area contributed by atoms with E-state index in [1.807, 2.05) is 0 Å². The van der Waals surface area contributed by atoms with Gasteiger partial charge in [0.2, 0.25) is 0 Å². The Morgan fingerprint density at radius 1 is 1.28 bits per heavy atom. The average Bonchev–Trinajstić information content (AvgIpc) is 3.11. The van der Waals surface area contributed by atoms with Crippen LogP contribution in [0.3, 0.4) is 0 Å². The third kappa shape index (κ3) is 4.48. The molecular weight excluding hydrogens is 232 g/mol. The van der Waals surface area contributed by atoms with E-state index in [4.69, 9.17) is 9.84 Å². The molecular formula is C13H26N2O3. The molecule has 1 heterocycles. The summed E-state index contributed by atoms with van der Waals surface area (Å²) in [6.07, 6.45) is 2.99. The molecule has 0 aromatic rings.